The first-order valence-electron chi connectivity index (χ1n) is 4.48. The summed E-state index contributed by atoms with van der Waals surface area (Å²) < 4.78 is 3.97. The lowest BCUT2D eigenvalue weighted by atomic mass is 9.88. The quantitative estimate of drug-likeness (QED) is 0.665. The van der Waals surface area contributed by atoms with Gasteiger partial charge in [-0.05, 0) is 43.6 Å². The average molecular weight is 181 g/mol. The zero-order valence-electron chi connectivity index (χ0n) is 7.29. The Morgan fingerprint density at radius 3 is 3.08 bits per heavy atom. The van der Waals surface area contributed by atoms with Crippen LogP contribution in [0.2, 0.25) is 0 Å². The Morgan fingerprint density at radius 1 is 1.58 bits per heavy atom. The maximum absolute atomic E-state index is 4.05. The van der Waals surface area contributed by atoms with E-state index in [4.69, 9.17) is 0 Å². The van der Waals surface area contributed by atoms with E-state index in [0.717, 1.165) is 11.6 Å². The summed E-state index contributed by atoms with van der Waals surface area (Å²) in [5, 5.41) is 4.05. The van der Waals surface area contributed by atoms with Crippen LogP contribution in [0.25, 0.3) is 0 Å². The predicted octanol–water partition coefficient (Wildman–Crippen LogP) is 2.71. The number of aromatic nitrogens is 2. The summed E-state index contributed by atoms with van der Waals surface area (Å²) in [6.07, 6.45) is 7.57. The third-order valence-electron chi connectivity index (χ3n) is 2.47. The first kappa shape index (κ1) is 8.17. The van der Waals surface area contributed by atoms with Gasteiger partial charge in [0.25, 0.3) is 0 Å². The van der Waals surface area contributed by atoms with Crippen LogP contribution in [0, 0.1) is 13.3 Å². The topological polar surface area (TPSA) is 25.8 Å². The lowest BCUT2D eigenvalue weighted by molar-refractivity contribution is 0.521. The molecule has 2 nitrogen and oxygen atoms in total. The van der Waals surface area contributed by atoms with Crippen molar-refractivity contribution in [3.8, 4) is 0 Å². The second-order valence-corrected chi connectivity index (χ2v) is 4.16. The van der Waals surface area contributed by atoms with Crippen molar-refractivity contribution in [3.05, 3.63) is 17.0 Å². The number of aryl methyl sites for hydroxylation is 1. The Kier molecular flexibility index (Phi) is 2.40. The standard InChI is InChI=1S/C9H13N2S/c1-7-9(12-11-10-7)8-5-3-2-4-6-8/h3,8H,2,4-6H2,1H3. The zero-order valence-corrected chi connectivity index (χ0v) is 8.10. The van der Waals surface area contributed by atoms with Crippen LogP contribution in [0.4, 0.5) is 0 Å². The first-order valence-corrected chi connectivity index (χ1v) is 5.26. The number of hydrogen-bond acceptors (Lipinski definition) is 3. The van der Waals surface area contributed by atoms with Crippen molar-refractivity contribution in [1.82, 2.24) is 9.59 Å². The SMILES string of the molecule is Cc1nnsc1C1C[CH]CCC1. The van der Waals surface area contributed by atoms with Gasteiger partial charge in [0.1, 0.15) is 0 Å². The maximum Gasteiger partial charge on any atom is 0.0759 e. The van der Waals surface area contributed by atoms with Gasteiger partial charge < -0.3 is 0 Å². The van der Waals surface area contributed by atoms with Crippen LogP contribution in [0.3, 0.4) is 0 Å². The van der Waals surface area contributed by atoms with E-state index in [1.54, 1.807) is 11.5 Å². The summed E-state index contributed by atoms with van der Waals surface area (Å²) in [4.78, 5) is 1.41. The third-order valence-corrected chi connectivity index (χ3v) is 3.46. The molecule has 1 radical (unpaired) electrons. The fourth-order valence-corrected chi connectivity index (χ4v) is 2.58. The van der Waals surface area contributed by atoms with Gasteiger partial charge in [-0.2, -0.15) is 0 Å². The Labute approximate surface area is 77.2 Å². The molecule has 12 heavy (non-hydrogen) atoms. The molecular weight excluding hydrogens is 168 g/mol. The van der Waals surface area contributed by atoms with Gasteiger partial charge in [0, 0.05) is 0 Å². The summed E-state index contributed by atoms with van der Waals surface area (Å²) in [6, 6.07) is 0. The van der Waals surface area contributed by atoms with Crippen LogP contribution in [-0.4, -0.2) is 9.59 Å². The molecule has 1 unspecified atom stereocenters. The van der Waals surface area contributed by atoms with Crippen molar-refractivity contribution in [3.63, 3.8) is 0 Å². The van der Waals surface area contributed by atoms with Crippen molar-refractivity contribution in [1.29, 1.82) is 0 Å². The van der Waals surface area contributed by atoms with Crippen molar-refractivity contribution >= 4 is 11.5 Å². The van der Waals surface area contributed by atoms with Crippen LogP contribution in [0.15, 0.2) is 0 Å². The van der Waals surface area contributed by atoms with E-state index in [0.29, 0.717) is 0 Å². The molecule has 0 aromatic carbocycles. The van der Waals surface area contributed by atoms with E-state index in [9.17, 15) is 0 Å². The Morgan fingerprint density at radius 2 is 2.50 bits per heavy atom. The molecule has 1 aliphatic carbocycles. The third kappa shape index (κ3) is 1.51. The molecule has 1 aromatic heterocycles. The molecule has 0 amide bonds. The van der Waals surface area contributed by atoms with Crippen molar-refractivity contribution < 1.29 is 0 Å². The molecule has 0 spiro atoms. The molecule has 1 fully saturated rings. The van der Waals surface area contributed by atoms with Gasteiger partial charge in [-0.3, -0.25) is 0 Å². The molecule has 1 aromatic rings. The van der Waals surface area contributed by atoms with E-state index in [2.05, 4.69) is 22.9 Å². The van der Waals surface area contributed by atoms with Gasteiger partial charge >= 0.3 is 0 Å². The largest absolute Gasteiger partial charge is 0.143 e. The zero-order chi connectivity index (χ0) is 8.39. The Hall–Kier alpha value is -0.440. The number of hydrogen-bond donors (Lipinski definition) is 0. The molecule has 0 saturated heterocycles. The minimum absolute atomic E-state index is 0.721. The molecule has 3 heteroatoms. The van der Waals surface area contributed by atoms with Crippen molar-refractivity contribution in [2.75, 3.05) is 0 Å². The number of nitrogens with zero attached hydrogens (tertiary/aromatic N) is 2. The highest BCUT2D eigenvalue weighted by Gasteiger charge is 2.19. The highest BCUT2D eigenvalue weighted by atomic mass is 32.1. The van der Waals surface area contributed by atoms with Gasteiger partial charge in [-0.1, -0.05) is 17.3 Å². The molecular formula is C9H13N2S. The summed E-state index contributed by atoms with van der Waals surface area (Å²) in [7, 11) is 0. The van der Waals surface area contributed by atoms with Crippen LogP contribution < -0.4 is 0 Å². The molecule has 1 heterocycles. The minimum atomic E-state index is 0.721. The van der Waals surface area contributed by atoms with Crippen LogP contribution >= 0.6 is 11.5 Å². The molecule has 1 aliphatic rings. The maximum atomic E-state index is 4.05. The summed E-state index contributed by atoms with van der Waals surface area (Å²) in [5.41, 5.74) is 1.14. The van der Waals surface area contributed by atoms with Crippen molar-refractivity contribution in [2.45, 2.75) is 38.5 Å². The van der Waals surface area contributed by atoms with Crippen LogP contribution in [0.1, 0.15) is 42.2 Å². The lowest BCUT2D eigenvalue weighted by Crippen LogP contribution is -2.04. The fourth-order valence-electron chi connectivity index (χ4n) is 1.79. The normalized spacial score (nSPS) is 19.8. The van der Waals surface area contributed by atoms with Gasteiger partial charge in [-0.25, -0.2) is 0 Å². The van der Waals surface area contributed by atoms with Crippen LogP contribution in [0.5, 0.6) is 0 Å². The molecule has 1 atom stereocenters. The summed E-state index contributed by atoms with van der Waals surface area (Å²) >= 11 is 1.57. The summed E-state index contributed by atoms with van der Waals surface area (Å²) in [6.45, 7) is 2.06. The smallest absolute Gasteiger partial charge is 0.0759 e. The highest BCUT2D eigenvalue weighted by Crippen LogP contribution is 2.34. The molecule has 1 saturated carbocycles. The fraction of sp³-hybridized carbons (Fsp3) is 0.667. The van der Waals surface area contributed by atoms with E-state index in [1.807, 2.05) is 0 Å². The highest BCUT2D eigenvalue weighted by molar-refractivity contribution is 7.05. The van der Waals surface area contributed by atoms with Gasteiger partial charge in [-0.15, -0.1) is 5.10 Å². The van der Waals surface area contributed by atoms with Crippen molar-refractivity contribution in [2.24, 2.45) is 0 Å². The van der Waals surface area contributed by atoms with Crippen LogP contribution in [-0.2, 0) is 0 Å². The van der Waals surface area contributed by atoms with E-state index >= 15 is 0 Å². The minimum Gasteiger partial charge on any atom is -0.143 e. The second-order valence-electron chi connectivity index (χ2n) is 3.37. The Bertz CT molecular complexity index is 251. The Balaban J connectivity index is 2.13. The van der Waals surface area contributed by atoms with E-state index < -0.39 is 0 Å². The molecule has 0 N–H and O–H groups in total. The second kappa shape index (κ2) is 3.52. The molecule has 0 bridgehead atoms. The average Bonchev–Trinajstić information content (AvgIpc) is 2.53. The summed E-state index contributed by atoms with van der Waals surface area (Å²) in [5.74, 6) is 0.721. The lowest BCUT2D eigenvalue weighted by Gasteiger charge is -2.19. The first-order chi connectivity index (χ1) is 5.88. The monoisotopic (exact) mass is 181 g/mol. The molecule has 65 valence electrons. The van der Waals surface area contributed by atoms with Gasteiger partial charge in [0.05, 0.1) is 10.6 Å². The molecule has 2 rings (SSSR count). The van der Waals surface area contributed by atoms with Gasteiger partial charge in [0.15, 0.2) is 0 Å². The van der Waals surface area contributed by atoms with E-state index in [-0.39, 0.29) is 0 Å². The molecule has 0 aliphatic heterocycles. The number of rotatable bonds is 1. The van der Waals surface area contributed by atoms with E-state index in [1.165, 1.54) is 30.6 Å². The van der Waals surface area contributed by atoms with Gasteiger partial charge in [0.2, 0.25) is 0 Å². The predicted molar refractivity (Wildman–Crippen MR) is 50.2 cm³/mol.